The molecule has 0 aliphatic carbocycles. The fraction of sp³-hybridized carbons (Fsp3) is 0.375. The second-order valence-electron chi connectivity index (χ2n) is 3.13. The first-order valence-electron chi connectivity index (χ1n) is 4.47. The number of pyridine rings is 1. The zero-order valence-corrected chi connectivity index (χ0v) is 9.25. The number of nitrogens with one attached hydrogen (secondary N) is 2. The van der Waals surface area contributed by atoms with Crippen molar-refractivity contribution < 1.29 is 22.3 Å². The maximum atomic E-state index is 11.9. The van der Waals surface area contributed by atoms with Gasteiger partial charge in [0.05, 0.1) is 0 Å². The summed E-state index contributed by atoms with van der Waals surface area (Å²) in [4.78, 5) is 13.0. The molecule has 0 radical (unpaired) electrons. The third kappa shape index (κ3) is 3.58. The first-order valence-corrected chi connectivity index (χ1v) is 5.96. The first-order chi connectivity index (χ1) is 7.84. The molecular weight excluding hydrogens is 258 g/mol. The zero-order chi connectivity index (χ0) is 13.1. The van der Waals surface area contributed by atoms with Crippen LogP contribution in [0.1, 0.15) is 0 Å². The molecule has 0 bridgehead atoms. The number of aliphatic hydroxyl groups is 1. The van der Waals surface area contributed by atoms with Crippen molar-refractivity contribution in [2.24, 2.45) is 0 Å². The van der Waals surface area contributed by atoms with Gasteiger partial charge in [-0.3, -0.25) is 4.79 Å². The van der Waals surface area contributed by atoms with Crippen LogP contribution in [-0.4, -0.2) is 37.6 Å². The van der Waals surface area contributed by atoms with Gasteiger partial charge in [-0.25, -0.2) is 21.9 Å². The van der Waals surface area contributed by atoms with Gasteiger partial charge < -0.3 is 10.1 Å². The Morgan fingerprint density at radius 3 is 2.65 bits per heavy atom. The second-order valence-corrected chi connectivity index (χ2v) is 4.86. The third-order valence-corrected chi connectivity index (χ3v) is 3.30. The van der Waals surface area contributed by atoms with Gasteiger partial charge in [0.1, 0.15) is 11.0 Å². The van der Waals surface area contributed by atoms with E-state index in [0.717, 1.165) is 12.3 Å². The van der Waals surface area contributed by atoms with E-state index in [2.05, 4.69) is 4.98 Å². The van der Waals surface area contributed by atoms with Crippen LogP contribution in [-0.2, 0) is 10.0 Å². The van der Waals surface area contributed by atoms with Crippen molar-refractivity contribution in [3.8, 4) is 0 Å². The van der Waals surface area contributed by atoms with E-state index >= 15 is 0 Å². The van der Waals surface area contributed by atoms with E-state index in [9.17, 15) is 22.0 Å². The number of rotatable bonds is 5. The van der Waals surface area contributed by atoms with Gasteiger partial charge in [0.15, 0.2) is 0 Å². The molecule has 0 aliphatic heterocycles. The Morgan fingerprint density at radius 2 is 2.12 bits per heavy atom. The summed E-state index contributed by atoms with van der Waals surface area (Å²) in [7, 11) is -4.21. The average molecular weight is 268 g/mol. The molecule has 1 atom stereocenters. The van der Waals surface area contributed by atoms with Crippen LogP contribution in [0.25, 0.3) is 0 Å². The topological polar surface area (TPSA) is 99.3 Å². The Balaban J connectivity index is 2.84. The summed E-state index contributed by atoms with van der Waals surface area (Å²) in [5.74, 6) is 0. The fourth-order valence-corrected chi connectivity index (χ4v) is 2.07. The van der Waals surface area contributed by atoms with Gasteiger partial charge in [0.2, 0.25) is 15.5 Å². The van der Waals surface area contributed by atoms with E-state index in [4.69, 9.17) is 5.11 Å². The highest BCUT2D eigenvalue weighted by molar-refractivity contribution is 7.89. The lowest BCUT2D eigenvalue weighted by atomic mass is 10.4. The van der Waals surface area contributed by atoms with Crippen LogP contribution < -0.4 is 10.2 Å². The summed E-state index contributed by atoms with van der Waals surface area (Å²) >= 11 is 0. The summed E-state index contributed by atoms with van der Waals surface area (Å²) in [5, 5.41) is 8.74. The first kappa shape index (κ1) is 13.7. The van der Waals surface area contributed by atoms with Crippen LogP contribution in [0.5, 0.6) is 0 Å². The molecule has 0 saturated heterocycles. The lowest BCUT2D eigenvalue weighted by molar-refractivity contribution is -0.000453. The molecule has 1 heterocycles. The molecule has 0 aromatic carbocycles. The highest BCUT2D eigenvalue weighted by atomic mass is 32.2. The number of H-pyrrole nitrogens is 1. The highest BCUT2D eigenvalue weighted by Crippen LogP contribution is 2.03. The number of aromatic nitrogens is 1. The maximum Gasteiger partial charge on any atom is 0.265 e. The number of aliphatic hydroxyl groups excluding tert-OH is 1. The number of sulfonamides is 1. The Labute approximate surface area is 95.3 Å². The molecule has 1 rings (SSSR count). The molecule has 0 amide bonds. The van der Waals surface area contributed by atoms with E-state index in [1.54, 1.807) is 4.72 Å². The minimum atomic E-state index is -4.21. The number of hydrogen-bond donors (Lipinski definition) is 3. The molecule has 9 heteroatoms. The molecule has 0 fully saturated rings. The Bertz CT molecular complexity index is 528. The van der Waals surface area contributed by atoms with E-state index in [1.807, 2.05) is 0 Å². The van der Waals surface area contributed by atoms with Crippen molar-refractivity contribution in [3.05, 3.63) is 28.7 Å². The summed E-state index contributed by atoms with van der Waals surface area (Å²) in [5.41, 5.74) is -0.775. The van der Waals surface area contributed by atoms with E-state index in [0.29, 0.717) is 0 Å². The lowest BCUT2D eigenvalue weighted by Gasteiger charge is -2.10. The predicted molar refractivity (Wildman–Crippen MR) is 54.3 cm³/mol. The monoisotopic (exact) mass is 268 g/mol. The smallest absolute Gasteiger partial charge is 0.265 e. The Kier molecular flexibility index (Phi) is 4.32. The molecular formula is C8H10F2N2O4S. The van der Waals surface area contributed by atoms with Crippen LogP contribution in [0.15, 0.2) is 28.2 Å². The zero-order valence-electron chi connectivity index (χ0n) is 8.43. The van der Waals surface area contributed by atoms with Gasteiger partial charge in [0.25, 0.3) is 6.43 Å². The van der Waals surface area contributed by atoms with E-state index in [-0.39, 0.29) is 0 Å². The molecule has 3 N–H and O–H groups in total. The summed E-state index contributed by atoms with van der Waals surface area (Å²) in [6.45, 7) is -0.867. The molecule has 1 aromatic heterocycles. The standard InChI is InChI=1S/C8H10F2N2O4S/c9-8(10)6(14)3-12-17(15,16)7-4-11-2-1-5(7)13/h1-2,4,6,8,12,14H,3H2,(H,11,13). The minimum absolute atomic E-state index is 0.596. The maximum absolute atomic E-state index is 11.9. The SMILES string of the molecule is O=c1cc[nH]cc1S(=O)(=O)NCC(O)C(F)F. The van der Waals surface area contributed by atoms with Crippen LogP contribution in [0.4, 0.5) is 8.78 Å². The van der Waals surface area contributed by atoms with Gasteiger partial charge in [-0.05, 0) is 0 Å². The normalized spacial score (nSPS) is 13.9. The van der Waals surface area contributed by atoms with Gasteiger partial charge in [-0.15, -0.1) is 0 Å². The van der Waals surface area contributed by atoms with Crippen molar-refractivity contribution in [2.75, 3.05) is 6.54 Å². The second kappa shape index (κ2) is 5.34. The van der Waals surface area contributed by atoms with Crippen LogP contribution in [0, 0.1) is 0 Å². The fourth-order valence-electron chi connectivity index (χ4n) is 0.973. The number of alkyl halides is 2. The minimum Gasteiger partial charge on any atom is -0.386 e. The third-order valence-electron chi connectivity index (χ3n) is 1.85. The van der Waals surface area contributed by atoms with Gasteiger partial charge in [-0.1, -0.05) is 0 Å². The molecule has 0 saturated carbocycles. The largest absolute Gasteiger partial charge is 0.386 e. The molecule has 1 unspecified atom stereocenters. The lowest BCUT2D eigenvalue weighted by Crippen LogP contribution is -2.37. The molecule has 0 spiro atoms. The van der Waals surface area contributed by atoms with Gasteiger partial charge in [-0.2, -0.15) is 0 Å². The average Bonchev–Trinajstić information content (AvgIpc) is 2.26. The van der Waals surface area contributed by atoms with Crippen molar-refractivity contribution >= 4 is 10.0 Å². The van der Waals surface area contributed by atoms with E-state index in [1.165, 1.54) is 6.20 Å². The molecule has 0 aliphatic rings. The van der Waals surface area contributed by atoms with E-state index < -0.39 is 39.4 Å². The summed E-state index contributed by atoms with van der Waals surface area (Å²) < 4.78 is 48.6. The van der Waals surface area contributed by atoms with Crippen LogP contribution in [0.2, 0.25) is 0 Å². The Hall–Kier alpha value is -1.32. The number of halogens is 2. The molecule has 6 nitrogen and oxygen atoms in total. The highest BCUT2D eigenvalue weighted by Gasteiger charge is 2.22. The molecule has 96 valence electrons. The van der Waals surface area contributed by atoms with Crippen molar-refractivity contribution in [1.29, 1.82) is 0 Å². The molecule has 1 aromatic rings. The number of hydrogen-bond acceptors (Lipinski definition) is 4. The number of aromatic amines is 1. The van der Waals surface area contributed by atoms with Crippen molar-refractivity contribution in [3.63, 3.8) is 0 Å². The molecule has 17 heavy (non-hydrogen) atoms. The quantitative estimate of drug-likeness (QED) is 0.656. The summed E-state index contributed by atoms with van der Waals surface area (Å²) in [6, 6.07) is 0.984. The predicted octanol–water partition coefficient (Wildman–Crippen LogP) is -0.721. The van der Waals surface area contributed by atoms with Gasteiger partial charge in [0, 0.05) is 25.0 Å². The summed E-state index contributed by atoms with van der Waals surface area (Å²) in [6.07, 6.45) is -3.02. The van der Waals surface area contributed by atoms with Crippen molar-refractivity contribution in [2.45, 2.75) is 17.4 Å². The van der Waals surface area contributed by atoms with Crippen molar-refractivity contribution in [1.82, 2.24) is 9.71 Å². The van der Waals surface area contributed by atoms with Crippen LogP contribution in [0.3, 0.4) is 0 Å². The Morgan fingerprint density at radius 1 is 1.47 bits per heavy atom. The van der Waals surface area contributed by atoms with Crippen LogP contribution >= 0.6 is 0 Å². The van der Waals surface area contributed by atoms with Gasteiger partial charge >= 0.3 is 0 Å².